The van der Waals surface area contributed by atoms with Crippen LogP contribution in [0.3, 0.4) is 0 Å². The molecule has 2 unspecified atom stereocenters. The van der Waals surface area contributed by atoms with Crippen LogP contribution in [0.25, 0.3) is 0 Å². The van der Waals surface area contributed by atoms with Crippen molar-refractivity contribution in [1.82, 2.24) is 0 Å². The van der Waals surface area contributed by atoms with E-state index in [0.717, 1.165) is 42.7 Å². The third-order valence-corrected chi connectivity index (χ3v) is 5.32. The summed E-state index contributed by atoms with van der Waals surface area (Å²) in [6.07, 6.45) is 6.77. The maximum absolute atomic E-state index is 12.2. The number of hydrogen-bond donors (Lipinski definition) is 1. The molecular weight excluding hydrogens is 316 g/mol. The van der Waals surface area contributed by atoms with Gasteiger partial charge in [-0.1, -0.05) is 19.8 Å². The lowest BCUT2D eigenvalue weighted by Gasteiger charge is -2.29. The van der Waals surface area contributed by atoms with Crippen LogP contribution in [-0.4, -0.2) is 31.1 Å². The standard InChI is InChI=1S/C20H28N2O3/c1-14-6-3-4-8-19(14)25-13-20(24)21-17-9-10-18-16(12-17)7-5-11-22(18)15(2)23/h9-10,12,14,19H,3-8,11,13H2,1-2H3,(H,21,24). The SMILES string of the molecule is CC(=O)N1CCCc2cc(NC(=O)COC3CCCCC3C)ccc21. The van der Waals surface area contributed by atoms with E-state index in [1.54, 1.807) is 11.8 Å². The Morgan fingerprint density at radius 3 is 2.80 bits per heavy atom. The predicted octanol–water partition coefficient (Wildman–Crippen LogP) is 3.52. The van der Waals surface area contributed by atoms with E-state index < -0.39 is 0 Å². The number of ether oxygens (including phenoxy) is 1. The third kappa shape index (κ3) is 4.40. The number of carbonyl (C=O) groups is 2. The van der Waals surface area contributed by atoms with Crippen molar-refractivity contribution in [2.24, 2.45) is 5.92 Å². The topological polar surface area (TPSA) is 58.6 Å². The number of nitrogens with one attached hydrogen (secondary N) is 1. The average molecular weight is 344 g/mol. The van der Waals surface area contributed by atoms with Crippen LogP contribution in [0.2, 0.25) is 0 Å². The molecule has 25 heavy (non-hydrogen) atoms. The smallest absolute Gasteiger partial charge is 0.250 e. The highest BCUT2D eigenvalue weighted by atomic mass is 16.5. The first-order chi connectivity index (χ1) is 12.0. The number of amides is 2. The van der Waals surface area contributed by atoms with Gasteiger partial charge in [0.1, 0.15) is 6.61 Å². The van der Waals surface area contributed by atoms with Gasteiger partial charge in [-0.3, -0.25) is 9.59 Å². The molecule has 5 heteroatoms. The van der Waals surface area contributed by atoms with Crippen molar-refractivity contribution in [3.63, 3.8) is 0 Å². The second-order valence-corrected chi connectivity index (χ2v) is 7.28. The number of carbonyl (C=O) groups excluding carboxylic acids is 2. The molecule has 1 fully saturated rings. The van der Waals surface area contributed by atoms with E-state index in [9.17, 15) is 9.59 Å². The molecule has 0 spiro atoms. The van der Waals surface area contributed by atoms with Crippen LogP contribution in [0.1, 0.15) is 51.5 Å². The van der Waals surface area contributed by atoms with Crippen molar-refractivity contribution in [3.05, 3.63) is 23.8 Å². The van der Waals surface area contributed by atoms with Gasteiger partial charge in [-0.2, -0.15) is 0 Å². The molecular formula is C20H28N2O3. The number of anilines is 2. The van der Waals surface area contributed by atoms with Crippen molar-refractivity contribution in [3.8, 4) is 0 Å². The summed E-state index contributed by atoms with van der Waals surface area (Å²) in [7, 11) is 0. The summed E-state index contributed by atoms with van der Waals surface area (Å²) in [5.74, 6) is 0.479. The summed E-state index contributed by atoms with van der Waals surface area (Å²) in [5.41, 5.74) is 2.85. The molecule has 1 aromatic rings. The van der Waals surface area contributed by atoms with Gasteiger partial charge >= 0.3 is 0 Å². The zero-order valence-electron chi connectivity index (χ0n) is 15.2. The van der Waals surface area contributed by atoms with E-state index in [1.807, 2.05) is 18.2 Å². The summed E-state index contributed by atoms with van der Waals surface area (Å²) in [6.45, 7) is 4.66. The third-order valence-electron chi connectivity index (χ3n) is 5.32. The summed E-state index contributed by atoms with van der Waals surface area (Å²) in [5, 5.41) is 2.92. The van der Waals surface area contributed by atoms with E-state index in [4.69, 9.17) is 4.74 Å². The van der Waals surface area contributed by atoms with Crippen LogP contribution in [0.15, 0.2) is 18.2 Å². The summed E-state index contributed by atoms with van der Waals surface area (Å²) in [6, 6.07) is 5.77. The van der Waals surface area contributed by atoms with Gasteiger partial charge in [-0.15, -0.1) is 0 Å². The molecule has 1 aliphatic heterocycles. The Morgan fingerprint density at radius 1 is 1.24 bits per heavy atom. The molecule has 136 valence electrons. The van der Waals surface area contributed by atoms with Crippen molar-refractivity contribution >= 4 is 23.2 Å². The van der Waals surface area contributed by atoms with Gasteiger partial charge < -0.3 is 15.0 Å². The van der Waals surface area contributed by atoms with Gasteiger partial charge in [0, 0.05) is 24.8 Å². The Hall–Kier alpha value is -1.88. The van der Waals surface area contributed by atoms with Gasteiger partial charge in [-0.25, -0.2) is 0 Å². The Kier molecular flexibility index (Phi) is 5.74. The summed E-state index contributed by atoms with van der Waals surface area (Å²) >= 11 is 0. The molecule has 2 atom stereocenters. The second-order valence-electron chi connectivity index (χ2n) is 7.28. The molecule has 1 aromatic carbocycles. The van der Waals surface area contributed by atoms with Crippen LogP contribution in [-0.2, 0) is 20.7 Å². The normalized spacial score (nSPS) is 23.0. The number of rotatable bonds is 4. The zero-order valence-corrected chi connectivity index (χ0v) is 15.2. The molecule has 1 heterocycles. The highest BCUT2D eigenvalue weighted by Gasteiger charge is 2.23. The Labute approximate surface area is 149 Å². The minimum Gasteiger partial charge on any atom is -0.368 e. The van der Waals surface area contributed by atoms with Crippen LogP contribution in [0, 0.1) is 5.92 Å². The fourth-order valence-corrected chi connectivity index (χ4v) is 3.91. The first-order valence-electron chi connectivity index (χ1n) is 9.37. The lowest BCUT2D eigenvalue weighted by molar-refractivity contribution is -0.124. The fraction of sp³-hybridized carbons (Fsp3) is 0.600. The molecule has 0 aromatic heterocycles. The largest absolute Gasteiger partial charge is 0.368 e. The van der Waals surface area contributed by atoms with Crippen molar-refractivity contribution in [1.29, 1.82) is 0 Å². The molecule has 0 saturated heterocycles. The fourth-order valence-electron chi connectivity index (χ4n) is 3.91. The predicted molar refractivity (Wildman–Crippen MR) is 98.8 cm³/mol. The molecule has 0 bridgehead atoms. The van der Waals surface area contributed by atoms with Gasteiger partial charge in [0.15, 0.2) is 0 Å². The van der Waals surface area contributed by atoms with E-state index in [-0.39, 0.29) is 24.5 Å². The minimum absolute atomic E-state index is 0.0627. The molecule has 1 N–H and O–H groups in total. The van der Waals surface area contributed by atoms with Gasteiger partial charge in [-0.05, 0) is 55.4 Å². The highest BCUT2D eigenvalue weighted by Crippen LogP contribution is 2.30. The molecule has 5 nitrogen and oxygen atoms in total. The molecule has 3 rings (SSSR count). The quantitative estimate of drug-likeness (QED) is 0.909. The summed E-state index contributed by atoms with van der Waals surface area (Å²) in [4.78, 5) is 25.7. The van der Waals surface area contributed by atoms with E-state index in [2.05, 4.69) is 12.2 Å². The minimum atomic E-state index is -0.114. The maximum atomic E-state index is 12.2. The molecule has 0 radical (unpaired) electrons. The summed E-state index contributed by atoms with van der Waals surface area (Å²) < 4.78 is 5.83. The van der Waals surface area contributed by atoms with Crippen LogP contribution < -0.4 is 10.2 Å². The molecule has 1 aliphatic carbocycles. The van der Waals surface area contributed by atoms with Crippen LogP contribution >= 0.6 is 0 Å². The first kappa shape index (κ1) is 17.9. The monoisotopic (exact) mass is 344 g/mol. The average Bonchev–Trinajstić information content (AvgIpc) is 2.60. The van der Waals surface area contributed by atoms with Gasteiger partial charge in [0.25, 0.3) is 0 Å². The Balaban J connectivity index is 1.57. The second kappa shape index (κ2) is 8.00. The lowest BCUT2D eigenvalue weighted by Crippen LogP contribution is -2.33. The highest BCUT2D eigenvalue weighted by molar-refractivity contribution is 5.95. The van der Waals surface area contributed by atoms with Crippen LogP contribution in [0.4, 0.5) is 11.4 Å². The first-order valence-corrected chi connectivity index (χ1v) is 9.37. The van der Waals surface area contributed by atoms with Gasteiger partial charge in [0.2, 0.25) is 11.8 Å². The van der Waals surface area contributed by atoms with E-state index in [1.165, 1.54) is 19.3 Å². The van der Waals surface area contributed by atoms with Crippen molar-refractivity contribution < 1.29 is 14.3 Å². The van der Waals surface area contributed by atoms with E-state index >= 15 is 0 Å². The molecule has 1 saturated carbocycles. The molecule has 2 aliphatic rings. The van der Waals surface area contributed by atoms with Crippen molar-refractivity contribution in [2.75, 3.05) is 23.4 Å². The number of fused-ring (bicyclic) bond motifs is 1. The van der Waals surface area contributed by atoms with Gasteiger partial charge in [0.05, 0.1) is 6.10 Å². The molecule has 2 amide bonds. The Morgan fingerprint density at radius 2 is 2.04 bits per heavy atom. The van der Waals surface area contributed by atoms with Crippen molar-refractivity contribution in [2.45, 2.75) is 58.5 Å². The maximum Gasteiger partial charge on any atom is 0.250 e. The Bertz CT molecular complexity index is 644. The number of aryl methyl sites for hydroxylation is 1. The number of hydrogen-bond acceptors (Lipinski definition) is 3. The number of nitrogens with zero attached hydrogens (tertiary/aromatic N) is 1. The lowest BCUT2D eigenvalue weighted by atomic mass is 9.88. The van der Waals surface area contributed by atoms with Crippen LogP contribution in [0.5, 0.6) is 0 Å². The zero-order chi connectivity index (χ0) is 17.8. The van der Waals surface area contributed by atoms with E-state index in [0.29, 0.717) is 5.92 Å². The number of benzene rings is 1.